The Morgan fingerprint density at radius 2 is 1.39 bits per heavy atom. The van der Waals surface area contributed by atoms with Crippen LogP contribution in [0.4, 0.5) is 0 Å². The van der Waals surface area contributed by atoms with Crippen molar-refractivity contribution in [1.29, 1.82) is 0 Å². The summed E-state index contributed by atoms with van der Waals surface area (Å²) in [6.07, 6.45) is 14.2. The van der Waals surface area contributed by atoms with Gasteiger partial charge < -0.3 is 0 Å². The van der Waals surface area contributed by atoms with Crippen LogP contribution >= 0.6 is 12.2 Å². The van der Waals surface area contributed by atoms with Crippen LogP contribution in [0, 0.1) is 17.3 Å². The zero-order chi connectivity index (χ0) is 12.8. The molecule has 1 nitrogen and oxygen atoms in total. The molecule has 0 unspecified atom stereocenters. The molecular weight excluding hydrogens is 238 g/mol. The van der Waals surface area contributed by atoms with Crippen LogP contribution in [-0.4, -0.2) is 11.7 Å². The first kappa shape index (κ1) is 14.2. The Balaban J connectivity index is 2.11. The van der Waals surface area contributed by atoms with E-state index >= 15 is 0 Å². The first-order chi connectivity index (χ1) is 8.77. The van der Waals surface area contributed by atoms with E-state index in [0.717, 1.165) is 18.4 Å². The first-order valence-electron chi connectivity index (χ1n) is 7.81. The second-order valence-corrected chi connectivity index (χ2v) is 6.77. The third kappa shape index (κ3) is 3.22. The van der Waals surface area contributed by atoms with Crippen molar-refractivity contribution < 1.29 is 0 Å². The lowest BCUT2D eigenvalue weighted by molar-refractivity contribution is 0.0492. The van der Waals surface area contributed by atoms with Crippen LogP contribution in [0.2, 0.25) is 0 Å². The monoisotopic (exact) mass is 265 g/mol. The summed E-state index contributed by atoms with van der Waals surface area (Å²) >= 11 is 4.81. The average molecular weight is 265 g/mol. The predicted molar refractivity (Wildman–Crippen MR) is 81.2 cm³/mol. The Labute approximate surface area is 117 Å². The van der Waals surface area contributed by atoms with Gasteiger partial charge in [0.25, 0.3) is 0 Å². The van der Waals surface area contributed by atoms with Gasteiger partial charge in [-0.15, -0.1) is 0 Å². The minimum absolute atomic E-state index is 0.395. The topological polar surface area (TPSA) is 12.4 Å². The maximum Gasteiger partial charge on any atom is 0.0585 e. The minimum atomic E-state index is 0.395. The first-order valence-corrected chi connectivity index (χ1v) is 8.22. The highest BCUT2D eigenvalue weighted by molar-refractivity contribution is 7.78. The summed E-state index contributed by atoms with van der Waals surface area (Å²) in [5.74, 6) is 1.75. The van der Waals surface area contributed by atoms with E-state index in [1.807, 2.05) is 0 Å². The highest BCUT2D eigenvalue weighted by atomic mass is 32.1. The fourth-order valence-corrected chi connectivity index (χ4v) is 4.38. The third-order valence-corrected chi connectivity index (χ3v) is 5.69. The molecule has 0 heterocycles. The van der Waals surface area contributed by atoms with E-state index in [1.54, 1.807) is 0 Å². The van der Waals surface area contributed by atoms with Crippen LogP contribution < -0.4 is 0 Å². The molecule has 0 radical (unpaired) electrons. The molecule has 2 heteroatoms. The van der Waals surface area contributed by atoms with Gasteiger partial charge in [0.1, 0.15) is 0 Å². The largest absolute Gasteiger partial charge is 0.232 e. The summed E-state index contributed by atoms with van der Waals surface area (Å²) in [5.41, 5.74) is 0.395. The zero-order valence-electron chi connectivity index (χ0n) is 11.8. The van der Waals surface area contributed by atoms with Crippen LogP contribution in [0.25, 0.3) is 0 Å². The van der Waals surface area contributed by atoms with Gasteiger partial charge in [-0.3, -0.25) is 0 Å². The SMILES string of the molecule is CC(CN=C=S)(C1CCCCC1)C1CCCCC1. The summed E-state index contributed by atoms with van der Waals surface area (Å²) < 4.78 is 0. The molecule has 0 saturated heterocycles. The fourth-order valence-electron chi connectivity index (χ4n) is 4.32. The maximum atomic E-state index is 4.81. The molecule has 18 heavy (non-hydrogen) atoms. The maximum absolute atomic E-state index is 4.81. The second-order valence-electron chi connectivity index (χ2n) is 6.58. The fraction of sp³-hybridized carbons (Fsp3) is 0.938. The molecule has 0 aromatic heterocycles. The molecule has 0 aliphatic heterocycles. The van der Waals surface area contributed by atoms with Crippen LogP contribution in [0.1, 0.15) is 71.1 Å². The molecule has 2 aliphatic rings. The van der Waals surface area contributed by atoms with E-state index in [4.69, 9.17) is 12.2 Å². The number of rotatable bonds is 4. The van der Waals surface area contributed by atoms with E-state index in [1.165, 1.54) is 64.2 Å². The molecule has 0 N–H and O–H groups in total. The molecule has 0 atom stereocenters. The van der Waals surface area contributed by atoms with Crippen molar-refractivity contribution >= 4 is 17.4 Å². The van der Waals surface area contributed by atoms with Crippen molar-refractivity contribution in [3.8, 4) is 0 Å². The van der Waals surface area contributed by atoms with E-state index in [0.29, 0.717) is 5.41 Å². The standard InChI is InChI=1S/C16H27NS/c1-16(12-17-13-18,14-8-4-2-5-9-14)15-10-6-3-7-11-15/h14-15H,2-12H2,1H3. The molecule has 0 aromatic carbocycles. The van der Waals surface area contributed by atoms with Crippen LogP contribution in [0.15, 0.2) is 4.99 Å². The number of isothiocyanates is 1. The highest BCUT2D eigenvalue weighted by Crippen LogP contribution is 2.48. The number of hydrogen-bond donors (Lipinski definition) is 0. The Morgan fingerprint density at radius 1 is 0.944 bits per heavy atom. The van der Waals surface area contributed by atoms with Gasteiger partial charge in [0.2, 0.25) is 0 Å². The van der Waals surface area contributed by atoms with Gasteiger partial charge in [0.05, 0.1) is 11.7 Å². The van der Waals surface area contributed by atoms with Gasteiger partial charge in [0, 0.05) is 0 Å². The lowest BCUT2D eigenvalue weighted by Gasteiger charge is -2.46. The molecule has 0 bridgehead atoms. The molecule has 2 saturated carbocycles. The van der Waals surface area contributed by atoms with Crippen molar-refractivity contribution in [2.24, 2.45) is 22.2 Å². The van der Waals surface area contributed by atoms with Gasteiger partial charge in [-0.05, 0) is 55.2 Å². The molecule has 102 valence electrons. The number of aliphatic imine (C=N–C) groups is 1. The molecular formula is C16H27NS. The Kier molecular flexibility index (Phi) is 5.38. The number of thiocarbonyl (C=S) groups is 1. The lowest BCUT2D eigenvalue weighted by Crippen LogP contribution is -2.40. The minimum Gasteiger partial charge on any atom is -0.232 e. The van der Waals surface area contributed by atoms with Gasteiger partial charge in [-0.1, -0.05) is 45.4 Å². The van der Waals surface area contributed by atoms with Crippen LogP contribution in [0.3, 0.4) is 0 Å². The normalized spacial score (nSPS) is 23.6. The quantitative estimate of drug-likeness (QED) is 0.499. The van der Waals surface area contributed by atoms with Crippen LogP contribution in [0.5, 0.6) is 0 Å². The van der Waals surface area contributed by atoms with Gasteiger partial charge >= 0.3 is 0 Å². The number of hydrogen-bond acceptors (Lipinski definition) is 2. The van der Waals surface area contributed by atoms with Crippen molar-refractivity contribution in [1.82, 2.24) is 0 Å². The van der Waals surface area contributed by atoms with E-state index in [-0.39, 0.29) is 0 Å². The summed E-state index contributed by atoms with van der Waals surface area (Å²) in [4.78, 5) is 4.36. The lowest BCUT2D eigenvalue weighted by atomic mass is 9.60. The summed E-state index contributed by atoms with van der Waals surface area (Å²) in [6.45, 7) is 3.42. The molecule has 2 aliphatic carbocycles. The molecule has 2 fully saturated rings. The van der Waals surface area contributed by atoms with Crippen molar-refractivity contribution in [2.75, 3.05) is 6.54 Å². The van der Waals surface area contributed by atoms with E-state index in [2.05, 4.69) is 17.1 Å². The van der Waals surface area contributed by atoms with E-state index < -0.39 is 0 Å². The summed E-state index contributed by atoms with van der Waals surface area (Å²) in [7, 11) is 0. The zero-order valence-corrected chi connectivity index (χ0v) is 12.6. The smallest absolute Gasteiger partial charge is 0.0585 e. The van der Waals surface area contributed by atoms with Crippen molar-refractivity contribution in [2.45, 2.75) is 71.1 Å². The van der Waals surface area contributed by atoms with Crippen molar-refractivity contribution in [3.63, 3.8) is 0 Å². The molecule has 0 amide bonds. The van der Waals surface area contributed by atoms with Gasteiger partial charge in [-0.25, -0.2) is 4.99 Å². The average Bonchev–Trinajstić information content (AvgIpc) is 2.46. The van der Waals surface area contributed by atoms with Gasteiger partial charge in [-0.2, -0.15) is 0 Å². The van der Waals surface area contributed by atoms with Crippen molar-refractivity contribution in [3.05, 3.63) is 0 Å². The predicted octanol–water partition coefficient (Wildman–Crippen LogP) is 5.26. The molecule has 0 aromatic rings. The molecule has 2 rings (SSSR count). The second kappa shape index (κ2) is 6.82. The molecule has 0 spiro atoms. The Hall–Kier alpha value is -0.200. The highest BCUT2D eigenvalue weighted by Gasteiger charge is 2.41. The van der Waals surface area contributed by atoms with E-state index in [9.17, 15) is 0 Å². The Bertz CT molecular complexity index is 276. The third-order valence-electron chi connectivity index (χ3n) is 5.56. The number of nitrogens with zero attached hydrogens (tertiary/aromatic N) is 1. The summed E-state index contributed by atoms with van der Waals surface area (Å²) in [6, 6.07) is 0. The van der Waals surface area contributed by atoms with Gasteiger partial charge in [0.15, 0.2) is 0 Å². The van der Waals surface area contributed by atoms with Crippen LogP contribution in [-0.2, 0) is 0 Å². The summed E-state index contributed by atoms with van der Waals surface area (Å²) in [5, 5.41) is 2.61. The Morgan fingerprint density at radius 3 is 1.78 bits per heavy atom.